The molecule has 1 nitrogen and oxygen atoms in total. The molecule has 0 atom stereocenters. The Morgan fingerprint density at radius 2 is 2.43 bits per heavy atom. The fourth-order valence-corrected chi connectivity index (χ4v) is 0.304. The molecule has 7 heavy (non-hydrogen) atoms. The monoisotopic (exact) mass is 97.1 g/mol. The fraction of sp³-hybridized carbons (Fsp3) is 0.333. The van der Waals surface area contributed by atoms with E-state index in [-0.39, 0.29) is 0 Å². The summed E-state index contributed by atoms with van der Waals surface area (Å²) in [4.78, 5) is 0. The molecular weight excluding hydrogens is 86.1 g/mol. The van der Waals surface area contributed by atoms with Gasteiger partial charge in [0.25, 0.3) is 0 Å². The summed E-state index contributed by atoms with van der Waals surface area (Å²) in [5.74, 6) is 0. The third kappa shape index (κ3) is 3.27. The Morgan fingerprint density at radius 1 is 1.86 bits per heavy atom. The zero-order chi connectivity index (χ0) is 5.70. The molecule has 0 fully saturated rings. The Balaban J connectivity index is 3.37. The first-order valence-electron chi connectivity index (χ1n) is 2.31. The molecule has 0 radical (unpaired) electrons. The topological polar surface area (TPSA) is 26.0 Å². The molecule has 0 aromatic rings. The lowest BCUT2D eigenvalue weighted by molar-refractivity contribution is 1.19. The number of hydrogen-bond donors (Lipinski definition) is 1. The second-order valence-electron chi connectivity index (χ2n) is 1.36. The molecule has 0 amide bonds. The van der Waals surface area contributed by atoms with Gasteiger partial charge in [0.05, 0.1) is 0 Å². The zero-order valence-electron chi connectivity index (χ0n) is 4.65. The van der Waals surface area contributed by atoms with Crippen molar-refractivity contribution >= 4 is 0 Å². The summed E-state index contributed by atoms with van der Waals surface area (Å²) in [6.07, 6.45) is 3.83. The standard InChI is InChI=1S/C6H11N/c1-3-4-6(2)5-7/h3-4H,2,5,7H2,1H3. The van der Waals surface area contributed by atoms with Crippen LogP contribution in [0.1, 0.15) is 6.92 Å². The first-order valence-corrected chi connectivity index (χ1v) is 2.31. The van der Waals surface area contributed by atoms with Crippen LogP contribution >= 0.6 is 0 Å². The Morgan fingerprint density at radius 3 is 2.57 bits per heavy atom. The van der Waals surface area contributed by atoms with Gasteiger partial charge in [-0.3, -0.25) is 0 Å². The zero-order valence-corrected chi connectivity index (χ0v) is 4.65. The maximum Gasteiger partial charge on any atom is 0.0172 e. The largest absolute Gasteiger partial charge is 0.327 e. The predicted octanol–water partition coefficient (Wildman–Crippen LogP) is 1.08. The van der Waals surface area contributed by atoms with Crippen LogP contribution < -0.4 is 5.73 Å². The summed E-state index contributed by atoms with van der Waals surface area (Å²) in [7, 11) is 0. The van der Waals surface area contributed by atoms with Crippen molar-refractivity contribution in [1.82, 2.24) is 0 Å². The average Bonchev–Trinajstić information content (AvgIpc) is 1.68. The van der Waals surface area contributed by atoms with Gasteiger partial charge in [0.15, 0.2) is 0 Å². The van der Waals surface area contributed by atoms with Crippen LogP contribution in [0.2, 0.25) is 0 Å². The minimum Gasteiger partial charge on any atom is -0.327 e. The van der Waals surface area contributed by atoms with Gasteiger partial charge in [-0.25, -0.2) is 0 Å². The molecule has 0 aromatic heterocycles. The highest BCUT2D eigenvalue weighted by atomic mass is 14.5. The highest BCUT2D eigenvalue weighted by Gasteiger charge is 1.75. The van der Waals surface area contributed by atoms with Gasteiger partial charge in [-0.05, 0) is 12.5 Å². The van der Waals surface area contributed by atoms with E-state index in [1.54, 1.807) is 0 Å². The summed E-state index contributed by atoms with van der Waals surface area (Å²) in [6.45, 7) is 6.16. The van der Waals surface area contributed by atoms with Gasteiger partial charge in [0, 0.05) is 6.54 Å². The molecule has 0 spiro atoms. The van der Waals surface area contributed by atoms with Crippen LogP contribution in [0.15, 0.2) is 24.3 Å². The Kier molecular flexibility index (Phi) is 3.33. The SMILES string of the molecule is C=C(C=CC)CN. The minimum atomic E-state index is 0.560. The second kappa shape index (κ2) is 3.62. The first-order chi connectivity index (χ1) is 3.31. The lowest BCUT2D eigenvalue weighted by atomic mass is 10.3. The van der Waals surface area contributed by atoms with Crippen LogP contribution in [-0.4, -0.2) is 6.54 Å². The molecule has 0 aliphatic carbocycles. The molecule has 0 saturated carbocycles. The quantitative estimate of drug-likeness (QED) is 0.512. The molecule has 1 heteroatoms. The first kappa shape index (κ1) is 6.44. The van der Waals surface area contributed by atoms with Crippen LogP contribution in [-0.2, 0) is 0 Å². The fourth-order valence-electron chi connectivity index (χ4n) is 0.304. The molecule has 0 bridgehead atoms. The number of nitrogens with two attached hydrogens (primary N) is 1. The van der Waals surface area contributed by atoms with E-state index in [1.807, 2.05) is 19.1 Å². The Labute approximate surface area is 44.5 Å². The van der Waals surface area contributed by atoms with Crippen LogP contribution in [0, 0.1) is 0 Å². The summed E-state index contributed by atoms with van der Waals surface area (Å²) in [6, 6.07) is 0. The Bertz CT molecular complexity index is 82.2. The van der Waals surface area contributed by atoms with E-state index in [9.17, 15) is 0 Å². The summed E-state index contributed by atoms with van der Waals surface area (Å²) in [5.41, 5.74) is 6.18. The van der Waals surface area contributed by atoms with Gasteiger partial charge < -0.3 is 5.73 Å². The molecule has 40 valence electrons. The molecule has 2 N–H and O–H groups in total. The van der Waals surface area contributed by atoms with Crippen molar-refractivity contribution in [3.05, 3.63) is 24.3 Å². The van der Waals surface area contributed by atoms with Crippen molar-refractivity contribution in [1.29, 1.82) is 0 Å². The van der Waals surface area contributed by atoms with Crippen molar-refractivity contribution in [3.8, 4) is 0 Å². The van der Waals surface area contributed by atoms with E-state index < -0.39 is 0 Å². The minimum absolute atomic E-state index is 0.560. The van der Waals surface area contributed by atoms with Crippen LogP contribution in [0.4, 0.5) is 0 Å². The third-order valence-electron chi connectivity index (χ3n) is 0.665. The highest BCUT2D eigenvalue weighted by molar-refractivity contribution is 5.14. The lowest BCUT2D eigenvalue weighted by Crippen LogP contribution is -1.98. The van der Waals surface area contributed by atoms with E-state index in [2.05, 4.69) is 6.58 Å². The molecular formula is C6H11N. The molecule has 0 aliphatic rings. The van der Waals surface area contributed by atoms with Crippen molar-refractivity contribution in [2.75, 3.05) is 6.54 Å². The molecule has 0 aromatic carbocycles. The van der Waals surface area contributed by atoms with Gasteiger partial charge in [0.1, 0.15) is 0 Å². The number of rotatable bonds is 2. The predicted molar refractivity (Wildman–Crippen MR) is 33.0 cm³/mol. The molecule has 0 heterocycles. The number of hydrogen-bond acceptors (Lipinski definition) is 1. The van der Waals surface area contributed by atoms with Crippen molar-refractivity contribution in [2.45, 2.75) is 6.92 Å². The van der Waals surface area contributed by atoms with E-state index in [1.165, 1.54) is 0 Å². The van der Waals surface area contributed by atoms with Crippen molar-refractivity contribution in [2.24, 2.45) is 5.73 Å². The highest BCUT2D eigenvalue weighted by Crippen LogP contribution is 1.85. The third-order valence-corrected chi connectivity index (χ3v) is 0.665. The van der Waals surface area contributed by atoms with Gasteiger partial charge in [-0.2, -0.15) is 0 Å². The lowest BCUT2D eigenvalue weighted by Gasteiger charge is -1.86. The van der Waals surface area contributed by atoms with Gasteiger partial charge in [0.2, 0.25) is 0 Å². The number of allylic oxidation sites excluding steroid dienone is 1. The maximum absolute atomic E-state index is 5.21. The summed E-state index contributed by atoms with van der Waals surface area (Å²) < 4.78 is 0. The van der Waals surface area contributed by atoms with E-state index in [4.69, 9.17) is 5.73 Å². The smallest absolute Gasteiger partial charge is 0.0172 e. The van der Waals surface area contributed by atoms with Crippen LogP contribution in [0.5, 0.6) is 0 Å². The molecule has 0 aliphatic heterocycles. The van der Waals surface area contributed by atoms with E-state index >= 15 is 0 Å². The maximum atomic E-state index is 5.21. The normalized spacial score (nSPS) is 10.0. The van der Waals surface area contributed by atoms with E-state index in [0.717, 1.165) is 5.57 Å². The Hall–Kier alpha value is -0.560. The summed E-state index contributed by atoms with van der Waals surface area (Å²) in [5, 5.41) is 0. The van der Waals surface area contributed by atoms with Crippen molar-refractivity contribution in [3.63, 3.8) is 0 Å². The average molecular weight is 97.2 g/mol. The summed E-state index contributed by atoms with van der Waals surface area (Å²) >= 11 is 0. The van der Waals surface area contributed by atoms with Gasteiger partial charge >= 0.3 is 0 Å². The van der Waals surface area contributed by atoms with Crippen LogP contribution in [0.3, 0.4) is 0 Å². The van der Waals surface area contributed by atoms with E-state index in [0.29, 0.717) is 6.54 Å². The van der Waals surface area contributed by atoms with Gasteiger partial charge in [-0.1, -0.05) is 18.7 Å². The van der Waals surface area contributed by atoms with Crippen molar-refractivity contribution < 1.29 is 0 Å². The molecule has 0 saturated heterocycles. The second-order valence-corrected chi connectivity index (χ2v) is 1.36. The molecule has 0 unspecified atom stereocenters. The van der Waals surface area contributed by atoms with Crippen LogP contribution in [0.25, 0.3) is 0 Å². The molecule has 0 rings (SSSR count). The van der Waals surface area contributed by atoms with Gasteiger partial charge in [-0.15, -0.1) is 0 Å².